The van der Waals surface area contributed by atoms with E-state index in [4.69, 9.17) is 9.47 Å². The fourth-order valence-electron chi connectivity index (χ4n) is 4.74. The van der Waals surface area contributed by atoms with Crippen molar-refractivity contribution >= 4 is 17.5 Å². The number of benzene rings is 2. The molecule has 6 nitrogen and oxygen atoms in total. The first-order valence-electron chi connectivity index (χ1n) is 11.4. The number of rotatable bonds is 7. The van der Waals surface area contributed by atoms with Crippen LogP contribution in [0.3, 0.4) is 0 Å². The molecule has 2 aliphatic rings. The molecule has 1 aliphatic carbocycles. The zero-order valence-electron chi connectivity index (χ0n) is 19.1. The van der Waals surface area contributed by atoms with Crippen LogP contribution in [0.15, 0.2) is 36.4 Å². The van der Waals surface area contributed by atoms with Crippen LogP contribution in [0.1, 0.15) is 54.7 Å². The van der Waals surface area contributed by atoms with Crippen LogP contribution in [-0.4, -0.2) is 43.0 Å². The summed E-state index contributed by atoms with van der Waals surface area (Å²) in [7, 11) is 1.64. The first-order chi connectivity index (χ1) is 15.4. The van der Waals surface area contributed by atoms with E-state index in [-0.39, 0.29) is 30.4 Å². The number of aryl methyl sites for hydroxylation is 2. The third kappa shape index (κ3) is 4.90. The average molecular weight is 437 g/mol. The van der Waals surface area contributed by atoms with E-state index < -0.39 is 0 Å². The lowest BCUT2D eigenvalue weighted by molar-refractivity contribution is -0.131. The number of amides is 2. The Hall–Kier alpha value is -3.02. The van der Waals surface area contributed by atoms with E-state index in [2.05, 4.69) is 5.32 Å². The number of para-hydroxylation sites is 1. The third-order valence-corrected chi connectivity index (χ3v) is 6.55. The SMILES string of the molecule is COc1ccc(C2CC(=O)N(CC(=O)Nc3c(C)cccc3C)C2)cc1OC1CCCC1. The van der Waals surface area contributed by atoms with Gasteiger partial charge in [0.1, 0.15) is 0 Å². The Bertz CT molecular complexity index is 977. The highest BCUT2D eigenvalue weighted by atomic mass is 16.5. The predicted molar refractivity (Wildman–Crippen MR) is 124 cm³/mol. The second-order valence-corrected chi connectivity index (χ2v) is 8.92. The number of hydrogen-bond acceptors (Lipinski definition) is 4. The third-order valence-electron chi connectivity index (χ3n) is 6.55. The molecule has 1 unspecified atom stereocenters. The molecule has 0 radical (unpaired) electrons. The van der Waals surface area contributed by atoms with Crippen LogP contribution in [0.2, 0.25) is 0 Å². The van der Waals surface area contributed by atoms with Crippen molar-refractivity contribution < 1.29 is 19.1 Å². The van der Waals surface area contributed by atoms with Crippen molar-refractivity contribution in [1.29, 1.82) is 0 Å². The van der Waals surface area contributed by atoms with Gasteiger partial charge in [-0.3, -0.25) is 9.59 Å². The van der Waals surface area contributed by atoms with Gasteiger partial charge in [0.05, 0.1) is 19.8 Å². The van der Waals surface area contributed by atoms with Gasteiger partial charge in [0.15, 0.2) is 11.5 Å². The van der Waals surface area contributed by atoms with E-state index in [9.17, 15) is 9.59 Å². The Kier molecular flexibility index (Phi) is 6.68. The van der Waals surface area contributed by atoms with Gasteiger partial charge in [0, 0.05) is 24.6 Å². The van der Waals surface area contributed by atoms with Crippen LogP contribution in [0.5, 0.6) is 11.5 Å². The number of likely N-dealkylation sites (tertiary alicyclic amines) is 1. The molecule has 2 aromatic rings. The highest BCUT2D eigenvalue weighted by Crippen LogP contribution is 2.37. The molecule has 1 aliphatic heterocycles. The Morgan fingerprint density at radius 2 is 1.81 bits per heavy atom. The molecular weight excluding hydrogens is 404 g/mol. The fourth-order valence-corrected chi connectivity index (χ4v) is 4.74. The summed E-state index contributed by atoms with van der Waals surface area (Å²) in [4.78, 5) is 27.0. The zero-order valence-corrected chi connectivity index (χ0v) is 19.1. The summed E-state index contributed by atoms with van der Waals surface area (Å²) >= 11 is 0. The van der Waals surface area contributed by atoms with E-state index in [1.807, 2.05) is 50.2 Å². The molecule has 170 valence electrons. The van der Waals surface area contributed by atoms with Gasteiger partial charge in [-0.25, -0.2) is 0 Å². The minimum absolute atomic E-state index is 0.000680. The lowest BCUT2D eigenvalue weighted by atomic mass is 9.98. The summed E-state index contributed by atoms with van der Waals surface area (Å²) < 4.78 is 11.7. The van der Waals surface area contributed by atoms with E-state index >= 15 is 0 Å². The summed E-state index contributed by atoms with van der Waals surface area (Å²) in [6.07, 6.45) is 5.16. The van der Waals surface area contributed by atoms with Crippen LogP contribution < -0.4 is 14.8 Å². The smallest absolute Gasteiger partial charge is 0.244 e. The van der Waals surface area contributed by atoms with E-state index in [1.54, 1.807) is 12.0 Å². The van der Waals surface area contributed by atoms with Gasteiger partial charge in [0.25, 0.3) is 0 Å². The number of methoxy groups -OCH3 is 1. The molecule has 4 rings (SSSR count). The van der Waals surface area contributed by atoms with Gasteiger partial charge in [-0.15, -0.1) is 0 Å². The molecule has 1 saturated heterocycles. The maximum Gasteiger partial charge on any atom is 0.244 e. The van der Waals surface area contributed by atoms with E-state index in [0.717, 1.165) is 46.7 Å². The maximum absolute atomic E-state index is 12.7. The van der Waals surface area contributed by atoms with E-state index in [1.165, 1.54) is 12.8 Å². The van der Waals surface area contributed by atoms with Crippen LogP contribution >= 0.6 is 0 Å². The molecule has 32 heavy (non-hydrogen) atoms. The molecular formula is C26H32N2O4. The van der Waals surface area contributed by atoms with Crippen molar-refractivity contribution in [3.05, 3.63) is 53.1 Å². The molecule has 1 N–H and O–H groups in total. The standard InChI is InChI=1S/C26H32N2O4/c1-17-7-6-8-18(2)26(17)27-24(29)16-28-15-20(14-25(28)30)19-11-12-22(31-3)23(13-19)32-21-9-4-5-10-21/h6-8,11-13,20-21H,4-5,9-10,14-16H2,1-3H3,(H,27,29). The monoisotopic (exact) mass is 436 g/mol. The largest absolute Gasteiger partial charge is 0.493 e. The number of ether oxygens (including phenoxy) is 2. The fraction of sp³-hybridized carbons (Fsp3) is 0.462. The molecule has 1 saturated carbocycles. The molecule has 0 spiro atoms. The summed E-state index contributed by atoms with van der Waals surface area (Å²) in [6.45, 7) is 4.52. The van der Waals surface area contributed by atoms with Crippen molar-refractivity contribution in [3.8, 4) is 11.5 Å². The lowest BCUT2D eigenvalue weighted by Crippen LogP contribution is -2.34. The van der Waals surface area contributed by atoms with E-state index in [0.29, 0.717) is 13.0 Å². The van der Waals surface area contributed by atoms with Crippen molar-refractivity contribution in [1.82, 2.24) is 4.90 Å². The highest BCUT2D eigenvalue weighted by molar-refractivity contribution is 5.96. The average Bonchev–Trinajstić information content (AvgIpc) is 3.41. The Balaban J connectivity index is 1.42. The molecule has 2 fully saturated rings. The van der Waals surface area contributed by atoms with Crippen LogP contribution in [0, 0.1) is 13.8 Å². The van der Waals surface area contributed by atoms with Crippen molar-refractivity contribution in [2.45, 2.75) is 58.0 Å². The van der Waals surface area contributed by atoms with Gasteiger partial charge in [-0.2, -0.15) is 0 Å². The number of anilines is 1. The van der Waals surface area contributed by atoms with Crippen LogP contribution in [-0.2, 0) is 9.59 Å². The Morgan fingerprint density at radius 1 is 1.09 bits per heavy atom. The van der Waals surface area contributed by atoms with Gasteiger partial charge < -0.3 is 19.7 Å². The Morgan fingerprint density at radius 3 is 2.50 bits per heavy atom. The maximum atomic E-state index is 12.7. The number of hydrogen-bond donors (Lipinski definition) is 1. The first kappa shape index (κ1) is 22.2. The lowest BCUT2D eigenvalue weighted by Gasteiger charge is -2.19. The molecule has 2 amide bonds. The topological polar surface area (TPSA) is 67.9 Å². The number of nitrogens with zero attached hydrogens (tertiary/aromatic N) is 1. The molecule has 6 heteroatoms. The first-order valence-corrected chi connectivity index (χ1v) is 11.4. The number of carbonyl (C=O) groups is 2. The molecule has 1 heterocycles. The summed E-state index contributed by atoms with van der Waals surface area (Å²) in [5.41, 5.74) is 3.89. The summed E-state index contributed by atoms with van der Waals surface area (Å²) in [5.74, 6) is 1.33. The normalized spacial score (nSPS) is 18.8. The van der Waals surface area contributed by atoms with Gasteiger partial charge in [0.2, 0.25) is 11.8 Å². The van der Waals surface area contributed by atoms with Gasteiger partial charge >= 0.3 is 0 Å². The number of carbonyl (C=O) groups excluding carboxylic acids is 2. The summed E-state index contributed by atoms with van der Waals surface area (Å²) in [5, 5.41) is 2.98. The minimum atomic E-state index is -0.170. The number of nitrogens with one attached hydrogen (secondary N) is 1. The zero-order chi connectivity index (χ0) is 22.7. The van der Waals surface area contributed by atoms with Gasteiger partial charge in [-0.05, 0) is 68.4 Å². The summed E-state index contributed by atoms with van der Waals surface area (Å²) in [6, 6.07) is 11.8. The second kappa shape index (κ2) is 9.63. The molecule has 1 atom stereocenters. The minimum Gasteiger partial charge on any atom is -0.493 e. The quantitative estimate of drug-likeness (QED) is 0.689. The van der Waals surface area contributed by atoms with Crippen LogP contribution in [0.25, 0.3) is 0 Å². The predicted octanol–water partition coefficient (Wildman–Crippen LogP) is 4.59. The van der Waals surface area contributed by atoms with Crippen molar-refractivity contribution in [3.63, 3.8) is 0 Å². The van der Waals surface area contributed by atoms with Crippen LogP contribution in [0.4, 0.5) is 5.69 Å². The molecule has 2 aromatic carbocycles. The van der Waals surface area contributed by atoms with Crippen molar-refractivity contribution in [2.75, 3.05) is 25.5 Å². The highest BCUT2D eigenvalue weighted by Gasteiger charge is 2.32. The second-order valence-electron chi connectivity index (χ2n) is 8.92. The van der Waals surface area contributed by atoms with Crippen molar-refractivity contribution in [2.24, 2.45) is 0 Å². The van der Waals surface area contributed by atoms with Gasteiger partial charge in [-0.1, -0.05) is 24.3 Å². The molecule has 0 bridgehead atoms. The Labute approximate surface area is 189 Å². The molecule has 0 aromatic heterocycles.